The summed E-state index contributed by atoms with van der Waals surface area (Å²) >= 11 is 0. The van der Waals surface area contributed by atoms with Crippen molar-refractivity contribution >= 4 is 29.5 Å². The van der Waals surface area contributed by atoms with Crippen LogP contribution in [0.4, 0.5) is 11.6 Å². The van der Waals surface area contributed by atoms with Crippen LogP contribution in [-0.4, -0.2) is 72.5 Å². The largest absolute Gasteiger partial charge is 0.490 e. The summed E-state index contributed by atoms with van der Waals surface area (Å²) in [6.45, 7) is 10.9. The zero-order valence-corrected chi connectivity index (χ0v) is 28.0. The minimum absolute atomic E-state index is 0.0761. The van der Waals surface area contributed by atoms with E-state index in [2.05, 4.69) is 25.1 Å². The van der Waals surface area contributed by atoms with Gasteiger partial charge in [-0.3, -0.25) is 0 Å². The number of carbonyl (C=O) groups is 3. The van der Waals surface area contributed by atoms with Gasteiger partial charge < -0.3 is 33.7 Å². The third-order valence-electron chi connectivity index (χ3n) is 6.63. The van der Waals surface area contributed by atoms with Crippen molar-refractivity contribution in [3.05, 3.63) is 134 Å². The van der Waals surface area contributed by atoms with Gasteiger partial charge in [0.1, 0.15) is 68.5 Å². The molecule has 1 N–H and O–H groups in total. The van der Waals surface area contributed by atoms with Gasteiger partial charge in [0.05, 0.1) is 0 Å². The zero-order valence-electron chi connectivity index (χ0n) is 28.0. The maximum absolute atomic E-state index is 11.3. The van der Waals surface area contributed by atoms with Gasteiger partial charge in [0, 0.05) is 42.8 Å². The average Bonchev–Trinajstić information content (AvgIpc) is 3.13. The van der Waals surface area contributed by atoms with Crippen LogP contribution in [0.25, 0.3) is 0 Å². The van der Waals surface area contributed by atoms with Crippen LogP contribution < -0.4 is 19.5 Å². The van der Waals surface area contributed by atoms with Crippen molar-refractivity contribution in [1.29, 1.82) is 0 Å². The first kappa shape index (κ1) is 37.3. The number of ether oxygens (including phenoxy) is 6. The lowest BCUT2D eigenvalue weighted by atomic mass is 10.1. The highest BCUT2D eigenvalue weighted by atomic mass is 16.6. The van der Waals surface area contributed by atoms with Crippen LogP contribution in [0, 0.1) is 0 Å². The summed E-state index contributed by atoms with van der Waals surface area (Å²) < 4.78 is 32.2. The van der Waals surface area contributed by atoms with Crippen LogP contribution in [0.1, 0.15) is 22.8 Å². The molecular weight excluding hydrogens is 656 g/mol. The van der Waals surface area contributed by atoms with E-state index in [0.717, 1.165) is 29.4 Å². The number of nitrogens with one attached hydrogen (secondary N) is 1. The molecule has 264 valence electrons. The van der Waals surface area contributed by atoms with Gasteiger partial charge in [-0.15, -0.1) is 0 Å². The highest BCUT2D eigenvalue weighted by Gasteiger charge is 2.12. The van der Waals surface area contributed by atoms with Gasteiger partial charge in [0.15, 0.2) is 0 Å². The maximum atomic E-state index is 11.3. The molecule has 0 aliphatic rings. The van der Waals surface area contributed by atoms with Crippen LogP contribution in [0.3, 0.4) is 0 Å². The highest BCUT2D eigenvalue weighted by Crippen LogP contribution is 2.22. The van der Waals surface area contributed by atoms with Crippen molar-refractivity contribution in [2.45, 2.75) is 12.8 Å². The first-order valence-electron chi connectivity index (χ1n) is 15.9. The Labute approximate surface area is 295 Å². The molecule has 0 aliphatic carbocycles. The van der Waals surface area contributed by atoms with Crippen molar-refractivity contribution < 1.29 is 42.8 Å². The topological polar surface area (TPSA) is 157 Å². The lowest BCUT2D eigenvalue weighted by molar-refractivity contribution is -0.139. The number of anilines is 2. The van der Waals surface area contributed by atoms with E-state index in [0.29, 0.717) is 53.4 Å². The Hall–Kier alpha value is -6.50. The molecule has 1 aromatic heterocycles. The first-order chi connectivity index (χ1) is 24.8. The summed E-state index contributed by atoms with van der Waals surface area (Å²) in [7, 11) is 0. The molecule has 51 heavy (non-hydrogen) atoms. The molecule has 0 radical (unpaired) electrons. The monoisotopic (exact) mass is 694 g/mol. The van der Waals surface area contributed by atoms with E-state index >= 15 is 0 Å². The van der Waals surface area contributed by atoms with Crippen LogP contribution in [0.2, 0.25) is 0 Å². The Kier molecular flexibility index (Phi) is 14.7. The molecule has 13 heteroatoms. The van der Waals surface area contributed by atoms with Gasteiger partial charge in [0.25, 0.3) is 0 Å². The smallest absolute Gasteiger partial charge is 0.330 e. The van der Waals surface area contributed by atoms with Gasteiger partial charge in [-0.2, -0.15) is 9.97 Å². The van der Waals surface area contributed by atoms with Crippen molar-refractivity contribution in [1.82, 2.24) is 15.0 Å². The normalized spacial score (nSPS) is 10.3. The number of carbonyl (C=O) groups excluding carboxylic acids is 3. The van der Waals surface area contributed by atoms with Crippen molar-refractivity contribution in [3.8, 4) is 17.2 Å². The standard InChI is InChI=1S/C38H38N4O9/c1-4-35(43)49-19-16-46-30-13-7-10-27(22-30)24-33-40-34(25-28-11-8-14-31(23-28)47-17-20-50-36(44)5-2)42-38(41-33)39-29-12-9-15-32(26-29)48-18-21-51-37(45)6-3/h4-15,22-23,26H,1-3,16-21,24-25H2,(H,39,40,41,42). The second kappa shape index (κ2) is 20.1. The minimum Gasteiger partial charge on any atom is -0.490 e. The van der Waals surface area contributed by atoms with Gasteiger partial charge in [0.2, 0.25) is 5.95 Å². The van der Waals surface area contributed by atoms with Crippen molar-refractivity contribution in [2.75, 3.05) is 45.0 Å². The van der Waals surface area contributed by atoms with Crippen molar-refractivity contribution in [2.24, 2.45) is 0 Å². The van der Waals surface area contributed by atoms with Crippen molar-refractivity contribution in [3.63, 3.8) is 0 Å². The van der Waals surface area contributed by atoms with E-state index < -0.39 is 17.9 Å². The van der Waals surface area contributed by atoms with E-state index in [-0.39, 0.29) is 39.6 Å². The average molecular weight is 695 g/mol. The zero-order chi connectivity index (χ0) is 36.3. The fraction of sp³-hybridized carbons (Fsp3) is 0.211. The maximum Gasteiger partial charge on any atom is 0.330 e. The third-order valence-corrected chi connectivity index (χ3v) is 6.63. The van der Waals surface area contributed by atoms with E-state index in [1.807, 2.05) is 60.7 Å². The molecule has 1 heterocycles. The molecule has 4 aromatic rings. The second-order valence-electron chi connectivity index (χ2n) is 10.5. The molecule has 0 spiro atoms. The summed E-state index contributed by atoms with van der Waals surface area (Å²) in [6.07, 6.45) is 4.02. The third kappa shape index (κ3) is 13.5. The Balaban J connectivity index is 1.50. The molecule has 0 amide bonds. The second-order valence-corrected chi connectivity index (χ2v) is 10.5. The lowest BCUT2D eigenvalue weighted by Gasteiger charge is -2.12. The fourth-order valence-corrected chi connectivity index (χ4v) is 4.41. The number of aromatic nitrogens is 3. The number of rotatable bonds is 21. The minimum atomic E-state index is -0.521. The predicted octanol–water partition coefficient (Wildman–Crippen LogP) is 5.12. The number of nitrogens with zero attached hydrogens (tertiary/aromatic N) is 3. The van der Waals surface area contributed by atoms with E-state index in [1.165, 1.54) is 0 Å². The first-order valence-corrected chi connectivity index (χ1v) is 15.9. The van der Waals surface area contributed by atoms with Crippen LogP contribution in [0.5, 0.6) is 17.2 Å². The van der Waals surface area contributed by atoms with Gasteiger partial charge in [-0.1, -0.05) is 50.1 Å². The van der Waals surface area contributed by atoms with E-state index in [9.17, 15) is 14.4 Å². The van der Waals surface area contributed by atoms with Crippen LogP contribution in [-0.2, 0) is 41.4 Å². The molecule has 13 nitrogen and oxygen atoms in total. The summed E-state index contributed by atoms with van der Waals surface area (Å²) in [6, 6.07) is 22.1. The summed E-state index contributed by atoms with van der Waals surface area (Å²) in [5.41, 5.74) is 2.44. The van der Waals surface area contributed by atoms with Crippen LogP contribution >= 0.6 is 0 Å². The summed E-state index contributed by atoms with van der Waals surface area (Å²) in [4.78, 5) is 48.1. The molecule has 0 bridgehead atoms. The summed E-state index contributed by atoms with van der Waals surface area (Å²) in [5, 5.41) is 3.25. The number of hydrogen-bond donors (Lipinski definition) is 1. The molecule has 0 unspecified atom stereocenters. The Bertz CT molecular complexity index is 1610. The number of benzene rings is 3. The molecule has 0 saturated heterocycles. The van der Waals surface area contributed by atoms with Crippen LogP contribution in [0.15, 0.2) is 111 Å². The Morgan fingerprint density at radius 3 is 1.39 bits per heavy atom. The molecule has 0 aliphatic heterocycles. The van der Waals surface area contributed by atoms with Gasteiger partial charge in [-0.25, -0.2) is 19.4 Å². The Morgan fingerprint density at radius 2 is 0.961 bits per heavy atom. The summed E-state index contributed by atoms with van der Waals surface area (Å²) in [5.74, 6) is 1.53. The van der Waals surface area contributed by atoms with Gasteiger partial charge in [-0.05, 0) is 47.5 Å². The predicted molar refractivity (Wildman–Crippen MR) is 188 cm³/mol. The SMILES string of the molecule is C=CC(=O)OCCOc1cccc(Cc2nc(Cc3cccc(OCCOC(=O)C=C)c3)nc(Nc3cccc(OCCOC(=O)C=C)c3)n2)c1. The molecule has 4 rings (SSSR count). The highest BCUT2D eigenvalue weighted by molar-refractivity contribution is 5.81. The molecule has 0 atom stereocenters. The fourth-order valence-electron chi connectivity index (χ4n) is 4.41. The lowest BCUT2D eigenvalue weighted by Crippen LogP contribution is -2.11. The van der Waals surface area contributed by atoms with Gasteiger partial charge >= 0.3 is 17.9 Å². The van der Waals surface area contributed by atoms with E-state index in [1.54, 1.807) is 12.1 Å². The number of esters is 3. The molecule has 3 aromatic carbocycles. The number of hydrogen-bond acceptors (Lipinski definition) is 13. The Morgan fingerprint density at radius 1 is 0.549 bits per heavy atom. The quantitative estimate of drug-likeness (QED) is 0.0531. The molecule has 0 fully saturated rings. The molecule has 0 saturated carbocycles. The molecular formula is C38H38N4O9. The van der Waals surface area contributed by atoms with E-state index in [4.69, 9.17) is 43.4 Å².